The number of rotatable bonds is 4. The van der Waals surface area contributed by atoms with E-state index in [0.717, 1.165) is 4.47 Å². The van der Waals surface area contributed by atoms with Crippen LogP contribution < -0.4 is 14.8 Å². The molecule has 0 heterocycles. The molecular formula is C15H13BrClNO3. The molecule has 1 N–H and O–H groups in total. The predicted molar refractivity (Wildman–Crippen MR) is 86.7 cm³/mol. The highest BCUT2D eigenvalue weighted by Crippen LogP contribution is 2.36. The van der Waals surface area contributed by atoms with Gasteiger partial charge in [0.2, 0.25) is 0 Å². The number of anilines is 1. The number of ether oxygens (including phenoxy) is 2. The van der Waals surface area contributed by atoms with Crippen molar-refractivity contribution in [3.8, 4) is 11.5 Å². The number of carbonyl (C=O) groups is 1. The molecule has 110 valence electrons. The second-order valence-corrected chi connectivity index (χ2v) is 5.47. The van der Waals surface area contributed by atoms with Crippen LogP contribution in [0.2, 0.25) is 5.02 Å². The molecule has 0 aromatic heterocycles. The number of carbonyl (C=O) groups excluding carboxylic acids is 1. The minimum Gasteiger partial charge on any atom is -0.493 e. The largest absolute Gasteiger partial charge is 0.493 e. The summed E-state index contributed by atoms with van der Waals surface area (Å²) < 4.78 is 11.2. The maximum atomic E-state index is 12.2. The van der Waals surface area contributed by atoms with Crippen molar-refractivity contribution < 1.29 is 14.3 Å². The lowest BCUT2D eigenvalue weighted by Crippen LogP contribution is -2.12. The second-order valence-electron chi connectivity index (χ2n) is 4.15. The molecular weight excluding hydrogens is 358 g/mol. The standard InChI is InChI=1S/C15H13BrClNO3/c1-20-13-7-11(17)12(8-14(13)21-2)18-15(19)9-3-5-10(16)6-4-9/h3-8H,1-2H3,(H,18,19). The van der Waals surface area contributed by atoms with Gasteiger partial charge in [-0.2, -0.15) is 0 Å². The van der Waals surface area contributed by atoms with Crippen molar-refractivity contribution in [2.24, 2.45) is 0 Å². The molecule has 0 spiro atoms. The summed E-state index contributed by atoms with van der Waals surface area (Å²) in [5, 5.41) is 3.12. The Hall–Kier alpha value is -1.72. The number of benzene rings is 2. The highest BCUT2D eigenvalue weighted by atomic mass is 79.9. The van der Waals surface area contributed by atoms with Crippen molar-refractivity contribution >= 4 is 39.1 Å². The Bertz CT molecular complexity index is 659. The van der Waals surface area contributed by atoms with E-state index in [9.17, 15) is 4.79 Å². The Morgan fingerprint density at radius 2 is 1.67 bits per heavy atom. The van der Waals surface area contributed by atoms with Crippen LogP contribution in [0.3, 0.4) is 0 Å². The molecule has 0 unspecified atom stereocenters. The molecule has 4 nitrogen and oxygen atoms in total. The molecule has 21 heavy (non-hydrogen) atoms. The Kier molecular flexibility index (Phi) is 5.09. The Labute approximate surface area is 136 Å². The van der Waals surface area contributed by atoms with Crippen molar-refractivity contribution in [3.05, 3.63) is 51.5 Å². The first-order valence-electron chi connectivity index (χ1n) is 6.03. The van der Waals surface area contributed by atoms with Crippen LogP contribution in [0.5, 0.6) is 11.5 Å². The third-order valence-electron chi connectivity index (χ3n) is 2.83. The average Bonchev–Trinajstić information content (AvgIpc) is 2.49. The summed E-state index contributed by atoms with van der Waals surface area (Å²) in [4.78, 5) is 12.2. The Morgan fingerprint density at radius 1 is 1.10 bits per heavy atom. The van der Waals surface area contributed by atoms with Gasteiger partial charge in [0.15, 0.2) is 11.5 Å². The second kappa shape index (κ2) is 6.83. The summed E-state index contributed by atoms with van der Waals surface area (Å²) in [7, 11) is 3.04. The molecule has 0 aliphatic rings. The predicted octanol–water partition coefficient (Wildman–Crippen LogP) is 4.37. The van der Waals surface area contributed by atoms with Crippen molar-refractivity contribution in [2.75, 3.05) is 19.5 Å². The number of hydrogen-bond acceptors (Lipinski definition) is 3. The van der Waals surface area contributed by atoms with E-state index in [1.54, 1.807) is 36.4 Å². The minimum atomic E-state index is -0.253. The van der Waals surface area contributed by atoms with Gasteiger partial charge >= 0.3 is 0 Å². The molecule has 0 aliphatic heterocycles. The van der Waals surface area contributed by atoms with Crippen molar-refractivity contribution in [1.82, 2.24) is 0 Å². The van der Waals surface area contributed by atoms with Gasteiger partial charge in [-0.3, -0.25) is 4.79 Å². The maximum Gasteiger partial charge on any atom is 0.255 e. The van der Waals surface area contributed by atoms with Crippen LogP contribution in [0.4, 0.5) is 5.69 Å². The van der Waals surface area contributed by atoms with E-state index in [1.165, 1.54) is 14.2 Å². The van der Waals surface area contributed by atoms with Crippen LogP contribution in [0.1, 0.15) is 10.4 Å². The van der Waals surface area contributed by atoms with Gasteiger partial charge in [0.1, 0.15) is 0 Å². The first-order chi connectivity index (χ1) is 10.0. The lowest BCUT2D eigenvalue weighted by molar-refractivity contribution is 0.102. The number of hydrogen-bond donors (Lipinski definition) is 1. The zero-order chi connectivity index (χ0) is 15.4. The fourth-order valence-electron chi connectivity index (χ4n) is 1.75. The highest BCUT2D eigenvalue weighted by molar-refractivity contribution is 9.10. The van der Waals surface area contributed by atoms with E-state index >= 15 is 0 Å². The van der Waals surface area contributed by atoms with E-state index in [-0.39, 0.29) is 5.91 Å². The van der Waals surface area contributed by atoms with Gasteiger partial charge in [-0.05, 0) is 24.3 Å². The van der Waals surface area contributed by atoms with Gasteiger partial charge < -0.3 is 14.8 Å². The topological polar surface area (TPSA) is 47.6 Å². The smallest absolute Gasteiger partial charge is 0.255 e. The van der Waals surface area contributed by atoms with E-state index in [0.29, 0.717) is 27.8 Å². The number of amides is 1. The fraction of sp³-hybridized carbons (Fsp3) is 0.133. The molecule has 6 heteroatoms. The zero-order valence-corrected chi connectivity index (χ0v) is 13.8. The third kappa shape index (κ3) is 3.68. The van der Waals surface area contributed by atoms with Crippen LogP contribution >= 0.6 is 27.5 Å². The number of halogens is 2. The molecule has 0 fully saturated rings. The molecule has 2 aromatic carbocycles. The molecule has 0 atom stereocenters. The molecule has 0 saturated heterocycles. The quantitative estimate of drug-likeness (QED) is 0.869. The van der Waals surface area contributed by atoms with Gasteiger partial charge in [0.05, 0.1) is 24.9 Å². The molecule has 2 rings (SSSR count). The summed E-state index contributed by atoms with van der Waals surface area (Å²) in [5.41, 5.74) is 0.992. The first-order valence-corrected chi connectivity index (χ1v) is 7.20. The molecule has 2 aromatic rings. The van der Waals surface area contributed by atoms with Crippen LogP contribution in [-0.4, -0.2) is 20.1 Å². The lowest BCUT2D eigenvalue weighted by Gasteiger charge is -2.12. The van der Waals surface area contributed by atoms with Crippen molar-refractivity contribution in [3.63, 3.8) is 0 Å². The molecule has 0 radical (unpaired) electrons. The van der Waals surface area contributed by atoms with E-state index in [2.05, 4.69) is 21.2 Å². The number of methoxy groups -OCH3 is 2. The van der Waals surface area contributed by atoms with E-state index in [4.69, 9.17) is 21.1 Å². The van der Waals surface area contributed by atoms with Gasteiger partial charge in [0.25, 0.3) is 5.91 Å². The normalized spacial score (nSPS) is 10.1. The fourth-order valence-corrected chi connectivity index (χ4v) is 2.21. The summed E-state index contributed by atoms with van der Waals surface area (Å²) >= 11 is 9.46. The Balaban J connectivity index is 2.26. The van der Waals surface area contributed by atoms with Crippen LogP contribution in [-0.2, 0) is 0 Å². The van der Waals surface area contributed by atoms with Crippen LogP contribution in [0.25, 0.3) is 0 Å². The van der Waals surface area contributed by atoms with Crippen molar-refractivity contribution in [1.29, 1.82) is 0 Å². The summed E-state index contributed by atoms with van der Waals surface area (Å²) in [6, 6.07) is 10.2. The van der Waals surface area contributed by atoms with Gasteiger partial charge in [-0.1, -0.05) is 27.5 Å². The molecule has 1 amide bonds. The molecule has 0 aliphatic carbocycles. The summed E-state index contributed by atoms with van der Waals surface area (Å²) in [6.07, 6.45) is 0. The minimum absolute atomic E-state index is 0.253. The molecule has 0 bridgehead atoms. The maximum absolute atomic E-state index is 12.2. The SMILES string of the molecule is COc1cc(Cl)c(NC(=O)c2ccc(Br)cc2)cc1OC. The number of nitrogens with one attached hydrogen (secondary N) is 1. The zero-order valence-electron chi connectivity index (χ0n) is 11.4. The van der Waals surface area contributed by atoms with Gasteiger partial charge in [-0.25, -0.2) is 0 Å². The Morgan fingerprint density at radius 3 is 2.24 bits per heavy atom. The van der Waals surface area contributed by atoms with Gasteiger partial charge in [0, 0.05) is 22.2 Å². The van der Waals surface area contributed by atoms with Gasteiger partial charge in [-0.15, -0.1) is 0 Å². The van der Waals surface area contributed by atoms with Crippen LogP contribution in [0, 0.1) is 0 Å². The summed E-state index contributed by atoms with van der Waals surface area (Å²) in [5.74, 6) is 0.744. The van der Waals surface area contributed by atoms with Crippen molar-refractivity contribution in [2.45, 2.75) is 0 Å². The van der Waals surface area contributed by atoms with Crippen LogP contribution in [0.15, 0.2) is 40.9 Å². The highest BCUT2D eigenvalue weighted by Gasteiger charge is 2.13. The van der Waals surface area contributed by atoms with E-state index < -0.39 is 0 Å². The molecule has 0 saturated carbocycles. The lowest BCUT2D eigenvalue weighted by atomic mass is 10.2. The summed E-state index contributed by atoms with van der Waals surface area (Å²) in [6.45, 7) is 0. The third-order valence-corrected chi connectivity index (χ3v) is 3.67. The average molecular weight is 371 g/mol. The van der Waals surface area contributed by atoms with E-state index in [1.807, 2.05) is 0 Å². The first kappa shape index (κ1) is 15.7. The monoisotopic (exact) mass is 369 g/mol.